The van der Waals surface area contributed by atoms with Gasteiger partial charge in [0, 0.05) is 5.57 Å². The van der Waals surface area contributed by atoms with Crippen molar-refractivity contribution in [3.63, 3.8) is 0 Å². The molecule has 3 nitrogen and oxygen atoms in total. The smallest absolute Gasteiger partial charge is 0.331 e. The van der Waals surface area contributed by atoms with E-state index in [0.717, 1.165) is 5.57 Å². The van der Waals surface area contributed by atoms with Crippen LogP contribution < -0.4 is 5.73 Å². The van der Waals surface area contributed by atoms with Crippen LogP contribution in [0.25, 0.3) is 0 Å². The molecule has 0 heterocycles. The van der Waals surface area contributed by atoms with Gasteiger partial charge in [0.25, 0.3) is 0 Å². The molecule has 0 saturated heterocycles. The van der Waals surface area contributed by atoms with Crippen molar-refractivity contribution in [2.24, 2.45) is 5.73 Å². The van der Waals surface area contributed by atoms with Crippen LogP contribution in [0.4, 0.5) is 0 Å². The van der Waals surface area contributed by atoms with Gasteiger partial charge in [-0.1, -0.05) is 5.57 Å². The fourth-order valence-electron chi connectivity index (χ4n) is 0.587. The van der Waals surface area contributed by atoms with Gasteiger partial charge in [-0.05, 0) is 26.8 Å². The largest absolute Gasteiger partial charge is 0.478 e. The maximum absolute atomic E-state index is 10.3. The highest BCUT2D eigenvalue weighted by molar-refractivity contribution is 5.86. The van der Waals surface area contributed by atoms with Gasteiger partial charge in [0.15, 0.2) is 0 Å². The molecule has 58 valence electrons. The number of hydrogen-bond acceptors (Lipinski definition) is 2. The molecule has 0 atom stereocenters. The molecular weight excluding hydrogens is 130 g/mol. The van der Waals surface area contributed by atoms with Crippen LogP contribution in [0.2, 0.25) is 0 Å². The average molecular weight is 143 g/mol. The Morgan fingerprint density at radius 1 is 1.50 bits per heavy atom. The normalized spacial score (nSPS) is 12.7. The van der Waals surface area contributed by atoms with Gasteiger partial charge >= 0.3 is 5.97 Å². The molecule has 0 fully saturated rings. The SMILES string of the molecule is CC(CCN)=C(C)C(=O)O. The molecule has 0 rings (SSSR count). The minimum absolute atomic E-state index is 0.408. The van der Waals surface area contributed by atoms with E-state index < -0.39 is 5.97 Å². The van der Waals surface area contributed by atoms with Gasteiger partial charge in [0.1, 0.15) is 0 Å². The van der Waals surface area contributed by atoms with Crippen molar-refractivity contribution < 1.29 is 9.90 Å². The number of aliphatic carboxylic acids is 1. The van der Waals surface area contributed by atoms with Gasteiger partial charge in [0.2, 0.25) is 0 Å². The number of hydrogen-bond donors (Lipinski definition) is 2. The Bertz CT molecular complexity index is 161. The van der Waals surface area contributed by atoms with Gasteiger partial charge < -0.3 is 10.8 Å². The van der Waals surface area contributed by atoms with Crippen molar-refractivity contribution in [3.8, 4) is 0 Å². The Morgan fingerprint density at radius 3 is 2.30 bits per heavy atom. The van der Waals surface area contributed by atoms with Crippen LogP contribution in [0, 0.1) is 0 Å². The lowest BCUT2D eigenvalue weighted by atomic mass is 10.1. The van der Waals surface area contributed by atoms with Crippen molar-refractivity contribution >= 4 is 5.97 Å². The minimum atomic E-state index is -0.856. The molecule has 0 aliphatic rings. The Kier molecular flexibility index (Phi) is 3.72. The van der Waals surface area contributed by atoms with Crippen molar-refractivity contribution in [2.75, 3.05) is 6.54 Å². The molecule has 0 aliphatic carbocycles. The van der Waals surface area contributed by atoms with Gasteiger partial charge in [0.05, 0.1) is 0 Å². The van der Waals surface area contributed by atoms with Crippen molar-refractivity contribution in [1.82, 2.24) is 0 Å². The second kappa shape index (κ2) is 4.06. The predicted molar refractivity (Wildman–Crippen MR) is 39.7 cm³/mol. The van der Waals surface area contributed by atoms with Crippen molar-refractivity contribution in [2.45, 2.75) is 20.3 Å². The maximum atomic E-state index is 10.3. The number of nitrogens with two attached hydrogens (primary N) is 1. The summed E-state index contributed by atoms with van der Waals surface area (Å²) in [5.41, 5.74) is 6.50. The summed E-state index contributed by atoms with van der Waals surface area (Å²) < 4.78 is 0. The summed E-state index contributed by atoms with van der Waals surface area (Å²) in [4.78, 5) is 10.3. The molecule has 0 saturated carbocycles. The zero-order chi connectivity index (χ0) is 8.15. The molecule has 0 unspecified atom stereocenters. The highest BCUT2D eigenvalue weighted by Gasteiger charge is 2.02. The van der Waals surface area contributed by atoms with Gasteiger partial charge in [-0.2, -0.15) is 0 Å². The first-order valence-electron chi connectivity index (χ1n) is 3.19. The fraction of sp³-hybridized carbons (Fsp3) is 0.571. The minimum Gasteiger partial charge on any atom is -0.478 e. The zero-order valence-electron chi connectivity index (χ0n) is 6.35. The molecule has 0 aromatic carbocycles. The summed E-state index contributed by atoms with van der Waals surface area (Å²) >= 11 is 0. The lowest BCUT2D eigenvalue weighted by Gasteiger charge is -1.99. The molecule has 0 amide bonds. The molecule has 0 bridgehead atoms. The van der Waals surface area contributed by atoms with Crippen LogP contribution in [-0.4, -0.2) is 17.6 Å². The first kappa shape index (κ1) is 9.17. The van der Waals surface area contributed by atoms with Crippen LogP contribution >= 0.6 is 0 Å². The Labute approximate surface area is 60.5 Å². The van der Waals surface area contributed by atoms with E-state index in [4.69, 9.17) is 10.8 Å². The van der Waals surface area contributed by atoms with Crippen LogP contribution in [0.15, 0.2) is 11.1 Å². The maximum Gasteiger partial charge on any atom is 0.331 e. The van der Waals surface area contributed by atoms with E-state index in [1.165, 1.54) is 0 Å². The third kappa shape index (κ3) is 2.64. The molecule has 0 aromatic rings. The summed E-state index contributed by atoms with van der Waals surface area (Å²) in [6.07, 6.45) is 0.665. The molecule has 0 aromatic heterocycles. The van der Waals surface area contributed by atoms with Gasteiger partial charge in [-0.15, -0.1) is 0 Å². The first-order chi connectivity index (χ1) is 4.59. The van der Waals surface area contributed by atoms with Crippen LogP contribution in [0.3, 0.4) is 0 Å². The summed E-state index contributed by atoms with van der Waals surface area (Å²) in [5, 5.41) is 8.48. The Balaban J connectivity index is 4.19. The second-order valence-corrected chi connectivity index (χ2v) is 2.25. The first-order valence-corrected chi connectivity index (χ1v) is 3.19. The molecule has 3 N–H and O–H groups in total. The quantitative estimate of drug-likeness (QED) is 0.573. The van der Waals surface area contributed by atoms with E-state index in [0.29, 0.717) is 18.5 Å². The lowest BCUT2D eigenvalue weighted by molar-refractivity contribution is -0.132. The number of rotatable bonds is 3. The Morgan fingerprint density at radius 2 is 2.00 bits per heavy atom. The molecular formula is C7H13NO2. The lowest BCUT2D eigenvalue weighted by Crippen LogP contribution is -2.04. The summed E-state index contributed by atoms with van der Waals surface area (Å²) in [6, 6.07) is 0. The van der Waals surface area contributed by atoms with Gasteiger partial charge in [-0.3, -0.25) is 0 Å². The monoisotopic (exact) mass is 143 g/mol. The van der Waals surface area contributed by atoms with E-state index in [1.807, 2.05) is 0 Å². The highest BCUT2D eigenvalue weighted by atomic mass is 16.4. The van der Waals surface area contributed by atoms with Crippen LogP contribution in [0.1, 0.15) is 20.3 Å². The molecule has 0 aliphatic heterocycles. The topological polar surface area (TPSA) is 63.3 Å². The van der Waals surface area contributed by atoms with Gasteiger partial charge in [-0.25, -0.2) is 4.79 Å². The van der Waals surface area contributed by atoms with E-state index in [1.54, 1.807) is 13.8 Å². The predicted octanol–water partition coefficient (Wildman–Crippen LogP) is 0.756. The fourth-order valence-corrected chi connectivity index (χ4v) is 0.587. The standard InChI is InChI=1S/C7H13NO2/c1-5(3-4-8)6(2)7(9)10/h3-4,8H2,1-2H3,(H,9,10). The summed E-state index contributed by atoms with van der Waals surface area (Å²) in [7, 11) is 0. The highest BCUT2D eigenvalue weighted by Crippen LogP contribution is 2.05. The van der Waals surface area contributed by atoms with E-state index in [2.05, 4.69) is 0 Å². The number of carbonyl (C=O) groups is 1. The third-order valence-corrected chi connectivity index (χ3v) is 1.48. The second-order valence-electron chi connectivity index (χ2n) is 2.25. The summed E-state index contributed by atoms with van der Waals surface area (Å²) in [5.74, 6) is -0.856. The molecule has 10 heavy (non-hydrogen) atoms. The van der Waals surface area contributed by atoms with E-state index in [9.17, 15) is 4.79 Å². The number of carboxylic acids is 1. The summed E-state index contributed by atoms with van der Waals surface area (Å²) in [6.45, 7) is 3.89. The molecule has 0 spiro atoms. The van der Waals surface area contributed by atoms with Crippen molar-refractivity contribution in [3.05, 3.63) is 11.1 Å². The average Bonchev–Trinajstić information content (AvgIpc) is 1.87. The Hall–Kier alpha value is -0.830. The molecule has 3 heteroatoms. The third-order valence-electron chi connectivity index (χ3n) is 1.48. The van der Waals surface area contributed by atoms with Crippen molar-refractivity contribution in [1.29, 1.82) is 0 Å². The van der Waals surface area contributed by atoms with Crippen LogP contribution in [0.5, 0.6) is 0 Å². The number of carboxylic acid groups (broad SMARTS) is 1. The van der Waals surface area contributed by atoms with E-state index in [-0.39, 0.29) is 0 Å². The zero-order valence-corrected chi connectivity index (χ0v) is 6.35. The van der Waals surface area contributed by atoms with Crippen LogP contribution in [-0.2, 0) is 4.79 Å². The van der Waals surface area contributed by atoms with E-state index >= 15 is 0 Å². The molecule has 0 radical (unpaired) electrons.